The number of benzene rings is 3. The molecule has 5 rings (SSSR count). The number of hydrogen-bond acceptors (Lipinski definition) is 0. The molecule has 0 heterocycles. The molecule has 0 nitrogen and oxygen atoms in total. The van der Waals surface area contributed by atoms with E-state index in [1.54, 1.807) is 28.5 Å². The molecule has 0 aliphatic heterocycles. The first kappa shape index (κ1) is 26.6. The summed E-state index contributed by atoms with van der Waals surface area (Å²) in [6.07, 6.45) is 0. The van der Waals surface area contributed by atoms with Crippen LogP contribution in [0.3, 0.4) is 0 Å². The number of rotatable bonds is 2. The fourth-order valence-electron chi connectivity index (χ4n) is 2.98. The molecule has 5 aromatic rings. The van der Waals surface area contributed by atoms with Gasteiger partial charge in [-0.1, -0.05) is 12.1 Å². The molecular formula is C26H24Cl2SiZr-2. The van der Waals surface area contributed by atoms with Crippen molar-refractivity contribution in [3.05, 3.63) is 115 Å². The second-order valence-corrected chi connectivity index (χ2v) is 13.2. The molecule has 4 heteroatoms. The Morgan fingerprint density at radius 1 is 0.633 bits per heavy atom. The molecule has 0 N–H and O–H groups in total. The van der Waals surface area contributed by atoms with E-state index in [1.807, 2.05) is 0 Å². The van der Waals surface area contributed by atoms with Crippen molar-refractivity contribution in [2.75, 3.05) is 0 Å². The van der Waals surface area contributed by atoms with Gasteiger partial charge in [-0.2, -0.15) is 35.0 Å². The molecule has 152 valence electrons. The third-order valence-electron chi connectivity index (χ3n) is 4.57. The zero-order valence-corrected chi connectivity index (χ0v) is 21.9. The van der Waals surface area contributed by atoms with Gasteiger partial charge in [0, 0.05) is 0 Å². The third-order valence-corrected chi connectivity index (χ3v) is 11.0. The van der Waals surface area contributed by atoms with Crippen LogP contribution in [0.2, 0.25) is 6.04 Å². The fourth-order valence-corrected chi connectivity index (χ4v) is 5.22. The van der Waals surface area contributed by atoms with E-state index in [1.165, 1.54) is 27.6 Å². The van der Waals surface area contributed by atoms with Crippen LogP contribution < -0.4 is 30.0 Å². The molecule has 0 saturated heterocycles. The van der Waals surface area contributed by atoms with Gasteiger partial charge in [-0.05, 0) is 0 Å². The monoisotopic (exact) mass is 524 g/mol. The molecular weight excluding hydrogens is 503 g/mol. The van der Waals surface area contributed by atoms with Gasteiger partial charge in [0.15, 0.2) is 0 Å². The Hall–Kier alpha value is -1.44. The Morgan fingerprint density at radius 2 is 1.07 bits per heavy atom. The van der Waals surface area contributed by atoms with Gasteiger partial charge in [0.25, 0.3) is 0 Å². The van der Waals surface area contributed by atoms with Gasteiger partial charge in [0.05, 0.1) is 0 Å². The summed E-state index contributed by atoms with van der Waals surface area (Å²) in [6, 6.07) is 41.6. The molecule has 0 atom stereocenters. The van der Waals surface area contributed by atoms with Crippen molar-refractivity contribution >= 4 is 32.2 Å². The topological polar surface area (TPSA) is 0 Å². The smallest absolute Gasteiger partial charge is 0.0809 e. The largest absolute Gasteiger partial charge is 1.00 e. The predicted molar refractivity (Wildman–Crippen MR) is 121 cm³/mol. The second kappa shape index (κ2) is 14.5. The summed E-state index contributed by atoms with van der Waals surface area (Å²) in [5, 5.41) is 6.92. The molecule has 0 radical (unpaired) electrons. The Balaban J connectivity index is 0.000000218. The molecule has 0 spiro atoms. The minimum Gasteiger partial charge on any atom is -1.00 e. The Labute approximate surface area is 207 Å². The Kier molecular flexibility index (Phi) is 12.9. The van der Waals surface area contributed by atoms with Crippen LogP contribution in [0.1, 0.15) is 6.92 Å². The number of fused-ring (bicyclic) bond motifs is 2. The van der Waals surface area contributed by atoms with E-state index in [0.29, 0.717) is 0 Å². The molecule has 0 saturated carbocycles. The van der Waals surface area contributed by atoms with Gasteiger partial charge in [-0.25, -0.2) is 0 Å². The van der Waals surface area contributed by atoms with Crippen molar-refractivity contribution in [1.82, 2.24) is 0 Å². The van der Waals surface area contributed by atoms with Crippen LogP contribution in [0, 0.1) is 0 Å². The number of hydrogen-bond donors (Lipinski definition) is 0. The van der Waals surface area contributed by atoms with E-state index in [0.717, 1.165) is 0 Å². The Morgan fingerprint density at radius 3 is 1.50 bits per heavy atom. The van der Waals surface area contributed by atoms with E-state index < -0.39 is 0 Å². The van der Waals surface area contributed by atoms with Gasteiger partial charge in [0.2, 0.25) is 0 Å². The SMILES string of the molecule is CC[Si](=[Zr+2])c1ccccc1.[Cl-].[Cl-].c1ccc2[cH-]ccc2c1.c1ccc2[cH-]ccc2c1. The fraction of sp³-hybridized carbons (Fsp3) is 0.0769. The molecule has 30 heavy (non-hydrogen) atoms. The average Bonchev–Trinajstić information content (AvgIpc) is 3.44. The van der Waals surface area contributed by atoms with Gasteiger partial charge >= 0.3 is 77.3 Å². The first-order chi connectivity index (χ1) is 13.8. The predicted octanol–water partition coefficient (Wildman–Crippen LogP) is 0.577. The van der Waals surface area contributed by atoms with E-state index in [-0.39, 0.29) is 30.2 Å². The second-order valence-electron chi connectivity index (χ2n) is 6.51. The molecule has 0 aromatic heterocycles. The summed E-state index contributed by atoms with van der Waals surface area (Å²) >= 11 is 1.72. The van der Waals surface area contributed by atoms with Crippen LogP contribution in [-0.4, -0.2) is 5.43 Å². The van der Waals surface area contributed by atoms with Crippen molar-refractivity contribution in [1.29, 1.82) is 0 Å². The van der Waals surface area contributed by atoms with Crippen molar-refractivity contribution in [2.24, 2.45) is 0 Å². The summed E-state index contributed by atoms with van der Waals surface area (Å²) in [5.41, 5.74) is -0.117. The van der Waals surface area contributed by atoms with E-state index in [4.69, 9.17) is 0 Å². The molecule has 0 aliphatic carbocycles. The molecule has 5 aromatic carbocycles. The van der Waals surface area contributed by atoms with Gasteiger partial charge in [-0.3, -0.25) is 0 Å². The summed E-state index contributed by atoms with van der Waals surface area (Å²) in [6.45, 7) is 2.29. The zero-order valence-electron chi connectivity index (χ0n) is 16.9. The maximum absolute atomic E-state index is 2.29. The van der Waals surface area contributed by atoms with Crippen molar-refractivity contribution in [3.63, 3.8) is 0 Å². The number of halogens is 2. The molecule has 0 aliphatic rings. The average molecular weight is 527 g/mol. The van der Waals surface area contributed by atoms with E-state index in [9.17, 15) is 0 Å². The molecule has 0 fully saturated rings. The minimum absolute atomic E-state index is 0. The summed E-state index contributed by atoms with van der Waals surface area (Å²) in [7, 11) is 0. The van der Waals surface area contributed by atoms with Crippen molar-refractivity contribution in [3.8, 4) is 0 Å². The first-order valence-corrected chi connectivity index (χ1v) is 15.0. The maximum Gasteiger partial charge on any atom is -0.0809 e. The van der Waals surface area contributed by atoms with Crippen molar-refractivity contribution < 1.29 is 48.1 Å². The molecule has 0 bridgehead atoms. The standard InChI is InChI=1S/2C9H7.C8H10Si.2ClH.Zr/c2*1-2-5-9-7-3-6-8(9)4-1;1-2-9-8-6-4-3-5-7-8;;;/h2*1-7H;3-7H,2H2,1H3;2*1H;/q2*-1;;;;+2/p-2. The third kappa shape index (κ3) is 8.00. The molecule has 0 amide bonds. The van der Waals surface area contributed by atoms with Crippen LogP contribution in [-0.2, 0) is 23.3 Å². The zero-order chi connectivity index (χ0) is 19.6. The summed E-state index contributed by atoms with van der Waals surface area (Å²) in [4.78, 5) is 0. The summed E-state index contributed by atoms with van der Waals surface area (Å²) in [5.74, 6) is 0. The van der Waals surface area contributed by atoms with Crippen molar-refractivity contribution in [2.45, 2.75) is 13.0 Å². The van der Waals surface area contributed by atoms with Gasteiger partial charge < -0.3 is 24.8 Å². The minimum atomic E-state index is -0.117. The van der Waals surface area contributed by atoms with Crippen LogP contribution in [0.4, 0.5) is 0 Å². The van der Waals surface area contributed by atoms with E-state index in [2.05, 4.69) is 122 Å². The summed E-state index contributed by atoms with van der Waals surface area (Å²) < 4.78 is 0. The van der Waals surface area contributed by atoms with Crippen LogP contribution >= 0.6 is 0 Å². The van der Waals surface area contributed by atoms with Gasteiger partial charge in [0.1, 0.15) is 0 Å². The van der Waals surface area contributed by atoms with E-state index >= 15 is 0 Å². The van der Waals surface area contributed by atoms with Gasteiger partial charge in [-0.15, -0.1) is 59.3 Å². The molecule has 0 unspecified atom stereocenters. The van der Waals surface area contributed by atoms with Crippen LogP contribution in [0.5, 0.6) is 0 Å². The Bertz CT molecular complexity index is 1000. The first-order valence-electron chi connectivity index (χ1n) is 9.61. The van der Waals surface area contributed by atoms with Crippen LogP contribution in [0.15, 0.2) is 115 Å². The normalized spacial score (nSPS) is 9.30. The quantitative estimate of drug-likeness (QED) is 0.233. The maximum atomic E-state index is 2.29. The van der Waals surface area contributed by atoms with Crippen LogP contribution in [0.25, 0.3) is 21.5 Å².